The van der Waals surface area contributed by atoms with Crippen LogP contribution >= 0.6 is 0 Å². The van der Waals surface area contributed by atoms with Gasteiger partial charge in [0.2, 0.25) is 0 Å². The molecule has 0 aliphatic rings. The predicted molar refractivity (Wildman–Crippen MR) is 99.2 cm³/mol. The Labute approximate surface area is 148 Å². The maximum Gasteiger partial charge on any atom is 0.336 e. The molecule has 5 nitrogen and oxygen atoms in total. The number of carbonyl (C=O) groups excluding carboxylic acids is 1. The van der Waals surface area contributed by atoms with Crippen molar-refractivity contribution in [3.05, 3.63) is 40.2 Å². The largest absolute Gasteiger partial charge is 0.484 e. The fourth-order valence-electron chi connectivity index (χ4n) is 3.13. The molecule has 1 aromatic carbocycles. The van der Waals surface area contributed by atoms with Crippen molar-refractivity contribution < 1.29 is 13.9 Å². The normalized spacial score (nSPS) is 11.6. The molecular formula is C20H27NO4. The lowest BCUT2D eigenvalue weighted by atomic mass is 10.00. The number of benzene rings is 1. The monoisotopic (exact) mass is 345 g/mol. The van der Waals surface area contributed by atoms with E-state index in [9.17, 15) is 9.59 Å². The molecule has 1 aromatic heterocycles. The standard InChI is InChI=1S/C20H27NO4/c1-12(2)17-10-20(23)25-18-9-15(7-8-16(17)18)24-11-19(22)21(13(3)4)14(5)6/h7-10,12-14H,11H2,1-6H3. The Morgan fingerprint density at radius 3 is 2.28 bits per heavy atom. The third kappa shape index (κ3) is 4.41. The van der Waals surface area contributed by atoms with E-state index in [2.05, 4.69) is 0 Å². The third-order valence-corrected chi connectivity index (χ3v) is 4.13. The van der Waals surface area contributed by atoms with Crippen molar-refractivity contribution in [2.24, 2.45) is 0 Å². The molecule has 0 saturated heterocycles. The fraction of sp³-hybridized carbons (Fsp3) is 0.500. The second kappa shape index (κ2) is 7.72. The van der Waals surface area contributed by atoms with Gasteiger partial charge in [0, 0.05) is 29.6 Å². The van der Waals surface area contributed by atoms with Gasteiger partial charge in [0.05, 0.1) is 0 Å². The first-order valence-electron chi connectivity index (χ1n) is 8.72. The Hall–Kier alpha value is -2.30. The Balaban J connectivity index is 2.23. The summed E-state index contributed by atoms with van der Waals surface area (Å²) in [7, 11) is 0. The molecule has 0 radical (unpaired) electrons. The minimum atomic E-state index is -0.379. The van der Waals surface area contributed by atoms with Gasteiger partial charge in [-0.3, -0.25) is 4.79 Å². The van der Waals surface area contributed by atoms with Crippen molar-refractivity contribution in [3.63, 3.8) is 0 Å². The van der Waals surface area contributed by atoms with Crippen LogP contribution in [0.3, 0.4) is 0 Å². The summed E-state index contributed by atoms with van der Waals surface area (Å²) in [5.74, 6) is 0.658. The number of hydrogen-bond donors (Lipinski definition) is 0. The summed E-state index contributed by atoms with van der Waals surface area (Å²) < 4.78 is 10.9. The Morgan fingerprint density at radius 1 is 1.08 bits per heavy atom. The van der Waals surface area contributed by atoms with Crippen LogP contribution in [0.5, 0.6) is 5.75 Å². The van der Waals surface area contributed by atoms with E-state index >= 15 is 0 Å². The second-order valence-electron chi connectivity index (χ2n) is 7.11. The second-order valence-corrected chi connectivity index (χ2v) is 7.11. The molecule has 1 amide bonds. The molecule has 0 bridgehead atoms. The predicted octanol–water partition coefficient (Wildman–Crippen LogP) is 3.94. The van der Waals surface area contributed by atoms with Gasteiger partial charge in [-0.25, -0.2) is 4.79 Å². The molecule has 25 heavy (non-hydrogen) atoms. The fourth-order valence-corrected chi connectivity index (χ4v) is 3.13. The van der Waals surface area contributed by atoms with Crippen molar-refractivity contribution in [1.29, 1.82) is 0 Å². The van der Waals surface area contributed by atoms with Crippen molar-refractivity contribution in [1.82, 2.24) is 4.90 Å². The van der Waals surface area contributed by atoms with Crippen LogP contribution < -0.4 is 10.4 Å². The average molecular weight is 345 g/mol. The van der Waals surface area contributed by atoms with Crippen LogP contribution in [0.4, 0.5) is 0 Å². The van der Waals surface area contributed by atoms with Crippen molar-refractivity contribution in [2.45, 2.75) is 59.5 Å². The molecule has 0 spiro atoms. The zero-order valence-corrected chi connectivity index (χ0v) is 15.8. The van der Waals surface area contributed by atoms with Crippen molar-refractivity contribution in [2.75, 3.05) is 6.61 Å². The van der Waals surface area contributed by atoms with Gasteiger partial charge in [-0.2, -0.15) is 0 Å². The SMILES string of the molecule is CC(C)c1cc(=O)oc2cc(OCC(=O)N(C(C)C)C(C)C)ccc12. The van der Waals surface area contributed by atoms with Crippen LogP contribution in [0.1, 0.15) is 53.0 Å². The first-order chi connectivity index (χ1) is 11.7. The van der Waals surface area contributed by atoms with Crippen LogP contribution in [-0.2, 0) is 4.79 Å². The highest BCUT2D eigenvalue weighted by molar-refractivity contribution is 5.82. The number of amides is 1. The average Bonchev–Trinajstić information content (AvgIpc) is 2.50. The van der Waals surface area contributed by atoms with Crippen LogP contribution in [0, 0.1) is 0 Å². The summed E-state index contributed by atoms with van der Waals surface area (Å²) in [6.07, 6.45) is 0. The van der Waals surface area contributed by atoms with E-state index in [1.165, 1.54) is 6.07 Å². The number of nitrogens with zero attached hydrogens (tertiary/aromatic N) is 1. The summed E-state index contributed by atoms with van der Waals surface area (Å²) in [6, 6.07) is 7.09. The number of hydrogen-bond acceptors (Lipinski definition) is 4. The number of carbonyl (C=O) groups is 1. The maximum absolute atomic E-state index is 12.4. The summed E-state index contributed by atoms with van der Waals surface area (Å²) in [5.41, 5.74) is 1.04. The molecule has 0 N–H and O–H groups in total. The topological polar surface area (TPSA) is 59.8 Å². The number of fused-ring (bicyclic) bond motifs is 1. The van der Waals surface area contributed by atoms with E-state index in [0.29, 0.717) is 11.3 Å². The summed E-state index contributed by atoms with van der Waals surface area (Å²) >= 11 is 0. The van der Waals surface area contributed by atoms with Gasteiger partial charge in [-0.15, -0.1) is 0 Å². The molecule has 0 saturated carbocycles. The molecule has 2 aromatic rings. The first-order valence-corrected chi connectivity index (χ1v) is 8.72. The van der Waals surface area contributed by atoms with E-state index < -0.39 is 0 Å². The molecule has 0 fully saturated rings. The lowest BCUT2D eigenvalue weighted by Crippen LogP contribution is -2.44. The molecule has 0 unspecified atom stereocenters. The van der Waals surface area contributed by atoms with Crippen LogP contribution in [0.2, 0.25) is 0 Å². The highest BCUT2D eigenvalue weighted by Gasteiger charge is 2.20. The molecule has 2 rings (SSSR count). The first kappa shape index (κ1) is 19.0. The maximum atomic E-state index is 12.4. The lowest BCUT2D eigenvalue weighted by molar-refractivity contribution is -0.136. The van der Waals surface area contributed by atoms with E-state index in [0.717, 1.165) is 10.9 Å². The van der Waals surface area contributed by atoms with Gasteiger partial charge in [0.25, 0.3) is 5.91 Å². The molecule has 0 aliphatic heterocycles. The van der Waals surface area contributed by atoms with Gasteiger partial charge in [0.1, 0.15) is 11.3 Å². The van der Waals surface area contributed by atoms with E-state index in [1.54, 1.807) is 17.0 Å². The zero-order chi connectivity index (χ0) is 18.7. The van der Waals surface area contributed by atoms with Gasteiger partial charge in [-0.1, -0.05) is 13.8 Å². The number of ether oxygens (including phenoxy) is 1. The molecule has 1 heterocycles. The van der Waals surface area contributed by atoms with E-state index in [1.807, 2.05) is 47.6 Å². The highest BCUT2D eigenvalue weighted by Crippen LogP contribution is 2.27. The van der Waals surface area contributed by atoms with Crippen LogP contribution in [-0.4, -0.2) is 29.5 Å². The molecular weight excluding hydrogens is 318 g/mol. The number of rotatable bonds is 6. The summed E-state index contributed by atoms with van der Waals surface area (Å²) in [4.78, 5) is 25.9. The van der Waals surface area contributed by atoms with Gasteiger partial charge in [0.15, 0.2) is 6.61 Å². The highest BCUT2D eigenvalue weighted by atomic mass is 16.5. The van der Waals surface area contributed by atoms with Crippen LogP contribution in [0.25, 0.3) is 11.0 Å². The Morgan fingerprint density at radius 2 is 1.72 bits per heavy atom. The molecule has 136 valence electrons. The quantitative estimate of drug-likeness (QED) is 0.744. The summed E-state index contributed by atoms with van der Waals surface area (Å²) in [6.45, 7) is 11.9. The molecule has 0 atom stereocenters. The third-order valence-electron chi connectivity index (χ3n) is 4.13. The summed E-state index contributed by atoms with van der Waals surface area (Å²) in [5, 5.41) is 0.888. The van der Waals surface area contributed by atoms with Crippen molar-refractivity contribution in [3.8, 4) is 5.75 Å². The Kier molecular flexibility index (Phi) is 5.88. The van der Waals surface area contributed by atoms with E-state index in [4.69, 9.17) is 9.15 Å². The van der Waals surface area contributed by atoms with E-state index in [-0.39, 0.29) is 36.1 Å². The van der Waals surface area contributed by atoms with Crippen LogP contribution in [0.15, 0.2) is 33.5 Å². The van der Waals surface area contributed by atoms with Gasteiger partial charge >= 0.3 is 5.63 Å². The molecule has 0 aliphatic carbocycles. The zero-order valence-electron chi connectivity index (χ0n) is 15.8. The minimum Gasteiger partial charge on any atom is -0.484 e. The van der Waals surface area contributed by atoms with Crippen molar-refractivity contribution >= 4 is 16.9 Å². The minimum absolute atomic E-state index is 0.0457. The molecule has 5 heteroatoms. The Bertz CT molecular complexity index is 797. The lowest BCUT2D eigenvalue weighted by Gasteiger charge is -2.30. The smallest absolute Gasteiger partial charge is 0.336 e. The van der Waals surface area contributed by atoms with Gasteiger partial charge < -0.3 is 14.1 Å². The van der Waals surface area contributed by atoms with Gasteiger partial charge in [-0.05, 0) is 51.3 Å².